The lowest BCUT2D eigenvalue weighted by atomic mass is 10.1. The van der Waals surface area contributed by atoms with Crippen molar-refractivity contribution in [3.63, 3.8) is 0 Å². The number of hydrogen-bond acceptors (Lipinski definition) is 5. The molecule has 3 aromatic rings. The summed E-state index contributed by atoms with van der Waals surface area (Å²) < 4.78 is 211. The predicted molar refractivity (Wildman–Crippen MR) is 115 cm³/mol. The van der Waals surface area contributed by atoms with Crippen molar-refractivity contribution >= 4 is 25.4 Å². The van der Waals surface area contributed by atoms with E-state index in [1.165, 1.54) is 0 Å². The summed E-state index contributed by atoms with van der Waals surface area (Å²) in [5, 5.41) is 0. The maximum Gasteiger partial charge on any atom is 0.416 e. The summed E-state index contributed by atoms with van der Waals surface area (Å²) in [6.07, 6.45) is -21.9. The summed E-state index contributed by atoms with van der Waals surface area (Å²) in [5.74, 6) is 0. The van der Waals surface area contributed by atoms with Gasteiger partial charge in [-0.3, -0.25) is 0 Å². The van der Waals surface area contributed by atoms with Crippen molar-refractivity contribution in [3.8, 4) is 0 Å². The number of benzene rings is 3. The van der Waals surface area contributed by atoms with E-state index in [0.717, 1.165) is 0 Å². The minimum atomic E-state index is -5.51. The normalized spacial score (nSPS) is 13.9. The summed E-state index contributed by atoms with van der Waals surface area (Å²) in [7, 11) is -10.9. The van der Waals surface area contributed by atoms with Crippen LogP contribution in [0, 0.1) is 0 Å². The summed E-state index contributed by atoms with van der Waals surface area (Å²) in [6.45, 7) is 0. The van der Waals surface area contributed by atoms with E-state index in [2.05, 4.69) is 0 Å². The van der Waals surface area contributed by atoms with E-state index >= 15 is 0 Å². The number of anilines is 1. The topological polar surface area (TPSA) is 94.3 Å². The fraction of sp³-hybridized carbons (Fsp3) is 0.182. The molecule has 0 atom stereocenters. The molecule has 0 aliphatic heterocycles. The molecule has 0 spiro atoms. The molecule has 0 amide bonds. The van der Waals surface area contributed by atoms with Crippen molar-refractivity contribution in [2.24, 2.45) is 0 Å². The summed E-state index contributed by atoms with van der Waals surface area (Å²) in [5.41, 5.74) is -3.64. The van der Waals surface area contributed by atoms with Gasteiger partial charge >= 0.3 is 24.7 Å². The van der Waals surface area contributed by atoms with Crippen LogP contribution in [-0.2, 0) is 44.4 Å². The zero-order chi connectivity index (χ0) is 31.6. The lowest BCUT2D eigenvalue weighted by molar-refractivity contribution is -0.145. The van der Waals surface area contributed by atoms with Gasteiger partial charge < -0.3 is 5.73 Å². The number of halogens is 12. The lowest BCUT2D eigenvalue weighted by Crippen LogP contribution is -2.15. The average molecular weight is 645 g/mol. The highest BCUT2D eigenvalue weighted by atomic mass is 32.2. The first-order valence-corrected chi connectivity index (χ1v) is 13.2. The van der Waals surface area contributed by atoms with Crippen molar-refractivity contribution < 1.29 is 69.5 Å². The smallest absolute Gasteiger partial charge is 0.398 e. The van der Waals surface area contributed by atoms with Crippen LogP contribution >= 0.6 is 0 Å². The number of nitrogens with two attached hydrogens (primary N) is 1. The molecule has 0 aliphatic carbocycles. The summed E-state index contributed by atoms with van der Waals surface area (Å²) in [4.78, 5) is -5.93. The molecule has 0 saturated heterocycles. The van der Waals surface area contributed by atoms with Gasteiger partial charge in [-0.2, -0.15) is 52.7 Å². The zero-order valence-corrected chi connectivity index (χ0v) is 20.9. The predicted octanol–water partition coefficient (Wildman–Crippen LogP) is 7.01. The second-order valence-corrected chi connectivity index (χ2v) is 12.1. The van der Waals surface area contributed by atoms with Crippen LogP contribution in [0.1, 0.15) is 22.3 Å². The van der Waals surface area contributed by atoms with Crippen LogP contribution in [0.3, 0.4) is 0 Å². The molecule has 41 heavy (non-hydrogen) atoms. The fourth-order valence-corrected chi connectivity index (χ4v) is 6.25. The molecule has 0 saturated carbocycles. The van der Waals surface area contributed by atoms with Crippen molar-refractivity contribution in [2.75, 3.05) is 5.73 Å². The number of nitrogen functional groups attached to an aromatic ring is 1. The van der Waals surface area contributed by atoms with Gasteiger partial charge in [-0.05, 0) is 54.6 Å². The first-order valence-electron chi connectivity index (χ1n) is 10.2. The molecule has 0 aromatic heterocycles. The molecule has 224 valence electrons. The highest BCUT2D eigenvalue weighted by Crippen LogP contribution is 2.41. The lowest BCUT2D eigenvalue weighted by Gasteiger charge is -2.16. The Balaban J connectivity index is 2.29. The molecule has 0 unspecified atom stereocenters. The van der Waals surface area contributed by atoms with Crippen molar-refractivity contribution in [3.05, 3.63) is 76.9 Å². The molecule has 0 heterocycles. The molecular weight excluding hydrogens is 634 g/mol. The summed E-state index contributed by atoms with van der Waals surface area (Å²) >= 11 is 0. The Morgan fingerprint density at radius 1 is 0.439 bits per heavy atom. The third-order valence-corrected chi connectivity index (χ3v) is 8.85. The summed E-state index contributed by atoms with van der Waals surface area (Å²) in [6, 6.07) is -0.517. The minimum absolute atomic E-state index is 0.0844. The second kappa shape index (κ2) is 9.81. The molecular formula is C22H11F12NO4S2. The van der Waals surface area contributed by atoms with Gasteiger partial charge in [-0.25, -0.2) is 16.8 Å². The Kier molecular flexibility index (Phi) is 7.67. The van der Waals surface area contributed by atoms with Crippen LogP contribution in [0.25, 0.3) is 0 Å². The molecule has 3 rings (SSSR count). The van der Waals surface area contributed by atoms with E-state index in [0.29, 0.717) is 12.1 Å². The number of hydrogen-bond donors (Lipinski definition) is 1. The Morgan fingerprint density at radius 2 is 0.756 bits per heavy atom. The molecule has 0 radical (unpaired) electrons. The van der Waals surface area contributed by atoms with E-state index < -0.39 is 98.0 Å². The zero-order valence-electron chi connectivity index (χ0n) is 19.3. The molecule has 3 aromatic carbocycles. The van der Waals surface area contributed by atoms with Gasteiger partial charge in [0.2, 0.25) is 19.7 Å². The van der Waals surface area contributed by atoms with Gasteiger partial charge in [0.25, 0.3) is 0 Å². The molecule has 19 heteroatoms. The van der Waals surface area contributed by atoms with Crippen LogP contribution < -0.4 is 5.73 Å². The largest absolute Gasteiger partial charge is 0.416 e. The van der Waals surface area contributed by atoms with Gasteiger partial charge in [0, 0.05) is 0 Å². The Labute approximate surface area is 222 Å². The fourth-order valence-electron chi connectivity index (χ4n) is 3.34. The third kappa shape index (κ3) is 6.55. The van der Waals surface area contributed by atoms with Crippen molar-refractivity contribution in [1.29, 1.82) is 0 Å². The Morgan fingerprint density at radius 3 is 1.07 bits per heavy atom. The maximum absolute atomic E-state index is 13.2. The van der Waals surface area contributed by atoms with Crippen LogP contribution in [0.15, 0.2) is 74.2 Å². The van der Waals surface area contributed by atoms with E-state index in [1.807, 2.05) is 0 Å². The molecule has 0 bridgehead atoms. The number of sulfone groups is 2. The first kappa shape index (κ1) is 32.0. The van der Waals surface area contributed by atoms with E-state index in [4.69, 9.17) is 5.73 Å². The number of alkyl halides is 12. The van der Waals surface area contributed by atoms with Crippen LogP contribution in [-0.4, -0.2) is 16.8 Å². The quantitative estimate of drug-likeness (QED) is 0.244. The highest BCUT2D eigenvalue weighted by Gasteiger charge is 2.40. The van der Waals surface area contributed by atoms with Gasteiger partial charge in [-0.15, -0.1) is 0 Å². The minimum Gasteiger partial charge on any atom is -0.398 e. The molecule has 0 aliphatic rings. The van der Waals surface area contributed by atoms with E-state index in [-0.39, 0.29) is 36.4 Å². The van der Waals surface area contributed by atoms with Gasteiger partial charge in [0.15, 0.2) is 0 Å². The van der Waals surface area contributed by atoms with Crippen LogP contribution in [0.5, 0.6) is 0 Å². The van der Waals surface area contributed by atoms with Crippen LogP contribution in [0.4, 0.5) is 58.4 Å². The van der Waals surface area contributed by atoms with Crippen molar-refractivity contribution in [1.82, 2.24) is 0 Å². The number of rotatable bonds is 4. The van der Waals surface area contributed by atoms with E-state index in [9.17, 15) is 69.5 Å². The Hall–Kier alpha value is -3.48. The first-order chi connectivity index (χ1) is 18.3. The van der Waals surface area contributed by atoms with Gasteiger partial charge in [0.05, 0.1) is 47.5 Å². The van der Waals surface area contributed by atoms with Gasteiger partial charge in [-0.1, -0.05) is 0 Å². The van der Waals surface area contributed by atoms with Crippen molar-refractivity contribution in [2.45, 2.75) is 44.3 Å². The van der Waals surface area contributed by atoms with Gasteiger partial charge in [0.1, 0.15) is 0 Å². The average Bonchev–Trinajstić information content (AvgIpc) is 2.81. The maximum atomic E-state index is 13.2. The third-order valence-electron chi connectivity index (χ3n) is 5.33. The Bertz CT molecular complexity index is 1660. The van der Waals surface area contributed by atoms with Crippen LogP contribution in [0.2, 0.25) is 0 Å². The molecule has 5 nitrogen and oxygen atoms in total. The van der Waals surface area contributed by atoms with E-state index in [1.54, 1.807) is 0 Å². The monoisotopic (exact) mass is 645 g/mol. The molecule has 0 fully saturated rings. The standard InChI is InChI=1S/C22H11F12NO4S2/c23-19(24,25)10-3-11(20(26,27)28)6-15(5-10)40(36,37)14-1-2-17(35)18(9-14)41(38,39)16-7-12(21(29,30)31)4-13(8-16)22(32,33)34/h1-9H,35H2. The molecule has 2 N–H and O–H groups in total. The second-order valence-electron chi connectivity index (χ2n) is 8.19. The highest BCUT2D eigenvalue weighted by molar-refractivity contribution is 7.92. The SMILES string of the molecule is Nc1ccc(S(=O)(=O)c2cc(C(F)(F)F)cc(C(F)(F)F)c2)cc1S(=O)(=O)c1cc(C(F)(F)F)cc(C(F)(F)F)c1.